The van der Waals surface area contributed by atoms with Crippen molar-refractivity contribution in [3.8, 4) is 11.8 Å². The number of nitriles is 1. The number of carbonyl (C=O) groups is 1. The van der Waals surface area contributed by atoms with Gasteiger partial charge < -0.3 is 15.2 Å². The van der Waals surface area contributed by atoms with Gasteiger partial charge in [0.05, 0.1) is 5.56 Å². The lowest BCUT2D eigenvalue weighted by Crippen LogP contribution is -2.46. The van der Waals surface area contributed by atoms with Crippen LogP contribution < -0.4 is 10.1 Å². The van der Waals surface area contributed by atoms with Gasteiger partial charge in [-0.15, -0.1) is 0 Å². The third-order valence-corrected chi connectivity index (χ3v) is 4.67. The summed E-state index contributed by atoms with van der Waals surface area (Å²) in [7, 11) is 0. The molecule has 1 aromatic rings. The van der Waals surface area contributed by atoms with Crippen molar-refractivity contribution < 1.29 is 14.6 Å². The van der Waals surface area contributed by atoms with Gasteiger partial charge in [0.25, 0.3) is 5.91 Å². The van der Waals surface area contributed by atoms with E-state index in [9.17, 15) is 9.90 Å². The molecule has 1 amide bonds. The van der Waals surface area contributed by atoms with Crippen molar-refractivity contribution in [3.63, 3.8) is 0 Å². The molecule has 2 atom stereocenters. The monoisotopic (exact) mass is 330 g/mol. The minimum atomic E-state index is -0.690. The number of hydrogen-bond donors (Lipinski definition) is 2. The second kappa shape index (κ2) is 9.29. The van der Waals surface area contributed by atoms with Crippen LogP contribution in [-0.2, 0) is 4.79 Å². The van der Waals surface area contributed by atoms with Crippen molar-refractivity contribution in [1.29, 1.82) is 5.26 Å². The van der Waals surface area contributed by atoms with Crippen LogP contribution in [0.25, 0.3) is 0 Å². The predicted molar refractivity (Wildman–Crippen MR) is 91.5 cm³/mol. The molecule has 2 unspecified atom stereocenters. The van der Waals surface area contributed by atoms with Crippen LogP contribution in [0, 0.1) is 17.2 Å². The summed E-state index contributed by atoms with van der Waals surface area (Å²) in [5.74, 6) is 0.638. The summed E-state index contributed by atoms with van der Waals surface area (Å²) < 4.78 is 5.67. The van der Waals surface area contributed by atoms with E-state index in [-0.39, 0.29) is 18.6 Å². The Morgan fingerprint density at radius 3 is 2.75 bits per heavy atom. The van der Waals surface area contributed by atoms with Gasteiger partial charge in [-0.3, -0.25) is 4.79 Å². The first-order valence-corrected chi connectivity index (χ1v) is 8.72. The van der Waals surface area contributed by atoms with Crippen molar-refractivity contribution in [2.45, 2.75) is 57.6 Å². The van der Waals surface area contributed by atoms with Gasteiger partial charge in [-0.25, -0.2) is 0 Å². The summed E-state index contributed by atoms with van der Waals surface area (Å²) in [4.78, 5) is 12.5. The lowest BCUT2D eigenvalue weighted by atomic mass is 9.82. The first-order valence-electron chi connectivity index (χ1n) is 8.72. The van der Waals surface area contributed by atoms with E-state index in [1.54, 1.807) is 31.2 Å². The molecule has 2 rings (SSSR count). The maximum Gasteiger partial charge on any atom is 0.261 e. The number of ether oxygens (including phenoxy) is 1. The zero-order valence-corrected chi connectivity index (χ0v) is 14.2. The second-order valence-electron chi connectivity index (χ2n) is 6.39. The number of aliphatic hydroxyl groups is 1. The molecule has 0 aromatic heterocycles. The van der Waals surface area contributed by atoms with Gasteiger partial charge in [0.1, 0.15) is 11.8 Å². The molecule has 1 aliphatic carbocycles. The summed E-state index contributed by atoms with van der Waals surface area (Å²) in [5, 5.41) is 21.4. The molecule has 5 heteroatoms. The molecule has 0 spiro atoms. The number of amides is 1. The SMILES string of the molecule is CC(Oc1ccccc1C#N)C(=O)NC(CCO)C1CCCCC1. The molecule has 130 valence electrons. The summed E-state index contributed by atoms with van der Waals surface area (Å²) in [6.45, 7) is 1.74. The summed E-state index contributed by atoms with van der Waals surface area (Å²) in [6.07, 6.45) is 5.69. The van der Waals surface area contributed by atoms with E-state index in [4.69, 9.17) is 10.00 Å². The van der Waals surface area contributed by atoms with Crippen LogP contribution in [0.3, 0.4) is 0 Å². The van der Waals surface area contributed by atoms with E-state index in [1.165, 1.54) is 19.3 Å². The van der Waals surface area contributed by atoms with Crippen LogP contribution in [0.1, 0.15) is 51.0 Å². The summed E-state index contributed by atoms with van der Waals surface area (Å²) >= 11 is 0. The highest BCUT2D eigenvalue weighted by Crippen LogP contribution is 2.28. The molecule has 0 radical (unpaired) electrons. The number of hydrogen-bond acceptors (Lipinski definition) is 4. The molecule has 1 aromatic carbocycles. The lowest BCUT2D eigenvalue weighted by Gasteiger charge is -2.31. The molecule has 0 saturated heterocycles. The van der Waals surface area contributed by atoms with Gasteiger partial charge in [-0.05, 0) is 44.2 Å². The molecular formula is C19H26N2O3. The Morgan fingerprint density at radius 1 is 1.38 bits per heavy atom. The Hall–Kier alpha value is -2.06. The fraction of sp³-hybridized carbons (Fsp3) is 0.579. The van der Waals surface area contributed by atoms with E-state index < -0.39 is 6.10 Å². The molecule has 1 fully saturated rings. The molecule has 24 heavy (non-hydrogen) atoms. The van der Waals surface area contributed by atoms with Gasteiger partial charge in [0.15, 0.2) is 6.10 Å². The zero-order chi connectivity index (χ0) is 17.4. The normalized spacial score (nSPS) is 17.5. The van der Waals surface area contributed by atoms with Gasteiger partial charge >= 0.3 is 0 Å². The van der Waals surface area contributed by atoms with Gasteiger partial charge in [-0.2, -0.15) is 5.26 Å². The van der Waals surface area contributed by atoms with Crippen molar-refractivity contribution in [3.05, 3.63) is 29.8 Å². The van der Waals surface area contributed by atoms with Gasteiger partial charge in [-0.1, -0.05) is 31.4 Å². The van der Waals surface area contributed by atoms with Gasteiger partial charge in [0, 0.05) is 12.6 Å². The number of nitrogens with zero attached hydrogens (tertiary/aromatic N) is 1. The van der Waals surface area contributed by atoms with Crippen molar-refractivity contribution in [2.75, 3.05) is 6.61 Å². The lowest BCUT2D eigenvalue weighted by molar-refractivity contribution is -0.128. The topological polar surface area (TPSA) is 82.3 Å². The minimum Gasteiger partial charge on any atom is -0.480 e. The molecule has 0 bridgehead atoms. The van der Waals surface area contributed by atoms with E-state index in [1.807, 2.05) is 0 Å². The van der Waals surface area contributed by atoms with Crippen molar-refractivity contribution in [2.24, 2.45) is 5.92 Å². The van der Waals surface area contributed by atoms with E-state index in [0.717, 1.165) is 12.8 Å². The number of benzene rings is 1. The highest BCUT2D eigenvalue weighted by atomic mass is 16.5. The van der Waals surface area contributed by atoms with Crippen molar-refractivity contribution >= 4 is 5.91 Å². The Labute approximate surface area is 143 Å². The Morgan fingerprint density at radius 2 is 2.08 bits per heavy atom. The molecule has 1 saturated carbocycles. The first-order chi connectivity index (χ1) is 11.7. The third-order valence-electron chi connectivity index (χ3n) is 4.67. The average Bonchev–Trinajstić information content (AvgIpc) is 2.62. The summed E-state index contributed by atoms with van der Waals surface area (Å²) in [6, 6.07) is 8.94. The van der Waals surface area contributed by atoms with E-state index in [2.05, 4.69) is 11.4 Å². The van der Waals surface area contributed by atoms with Crippen LogP contribution >= 0.6 is 0 Å². The Bertz CT molecular complexity index is 576. The highest BCUT2D eigenvalue weighted by molar-refractivity contribution is 5.81. The number of nitrogens with one attached hydrogen (secondary N) is 1. The Balaban J connectivity index is 1.96. The van der Waals surface area contributed by atoms with Crippen LogP contribution in [0.15, 0.2) is 24.3 Å². The highest BCUT2D eigenvalue weighted by Gasteiger charge is 2.27. The first kappa shape index (κ1) is 18.3. The quantitative estimate of drug-likeness (QED) is 0.805. The fourth-order valence-electron chi connectivity index (χ4n) is 3.31. The van der Waals surface area contributed by atoms with Gasteiger partial charge in [0.2, 0.25) is 0 Å². The standard InChI is InChI=1S/C19H26N2O3/c1-14(24-18-10-6-5-9-16(18)13-20)19(23)21-17(11-12-22)15-7-3-2-4-8-15/h5-6,9-10,14-15,17,22H,2-4,7-8,11-12H2,1H3,(H,21,23). The maximum absolute atomic E-state index is 12.5. The fourth-order valence-corrected chi connectivity index (χ4v) is 3.31. The molecule has 0 aliphatic heterocycles. The number of rotatable bonds is 7. The second-order valence-corrected chi connectivity index (χ2v) is 6.39. The smallest absolute Gasteiger partial charge is 0.261 e. The average molecular weight is 330 g/mol. The molecule has 1 aliphatic rings. The Kier molecular flexibility index (Phi) is 7.07. The molecule has 0 heterocycles. The number of para-hydroxylation sites is 1. The van der Waals surface area contributed by atoms with Crippen LogP contribution in [0.2, 0.25) is 0 Å². The molecule has 5 nitrogen and oxygen atoms in total. The number of carbonyl (C=O) groups excluding carboxylic acids is 1. The maximum atomic E-state index is 12.5. The van der Waals surface area contributed by atoms with Crippen LogP contribution in [-0.4, -0.2) is 29.8 Å². The van der Waals surface area contributed by atoms with Crippen LogP contribution in [0.5, 0.6) is 5.75 Å². The largest absolute Gasteiger partial charge is 0.480 e. The van der Waals surface area contributed by atoms with Crippen LogP contribution in [0.4, 0.5) is 0 Å². The van der Waals surface area contributed by atoms with E-state index in [0.29, 0.717) is 23.7 Å². The number of aliphatic hydroxyl groups excluding tert-OH is 1. The minimum absolute atomic E-state index is 0.0138. The predicted octanol–water partition coefficient (Wildman–Crippen LogP) is 2.77. The van der Waals surface area contributed by atoms with E-state index >= 15 is 0 Å². The van der Waals surface area contributed by atoms with Crippen molar-refractivity contribution in [1.82, 2.24) is 5.32 Å². The zero-order valence-electron chi connectivity index (χ0n) is 14.2. The molecule has 2 N–H and O–H groups in total. The third kappa shape index (κ3) is 4.97. The molecular weight excluding hydrogens is 304 g/mol. The summed E-state index contributed by atoms with van der Waals surface area (Å²) in [5.41, 5.74) is 0.413.